The Balaban J connectivity index is 2.28. The van der Waals surface area contributed by atoms with Gasteiger partial charge in [0.2, 0.25) is 5.82 Å². The van der Waals surface area contributed by atoms with E-state index in [1.54, 1.807) is 0 Å². The highest BCUT2D eigenvalue weighted by Gasteiger charge is 2.11. The van der Waals surface area contributed by atoms with Crippen LogP contribution in [-0.2, 0) is 6.42 Å². The number of aromatic nitrogens is 4. The highest BCUT2D eigenvalue weighted by molar-refractivity contribution is 7.10. The molecular formula is C9H13N5S. The summed E-state index contributed by atoms with van der Waals surface area (Å²) in [6.45, 7) is 3.94. The first-order chi connectivity index (χ1) is 7.20. The van der Waals surface area contributed by atoms with Crippen LogP contribution in [0.4, 0.5) is 0 Å². The van der Waals surface area contributed by atoms with Crippen molar-refractivity contribution in [2.75, 3.05) is 0 Å². The third-order valence-electron chi connectivity index (χ3n) is 2.01. The number of hydrogen-bond acceptors (Lipinski definition) is 5. The Bertz CT molecular complexity index is 445. The zero-order valence-corrected chi connectivity index (χ0v) is 9.51. The van der Waals surface area contributed by atoms with Crippen molar-refractivity contribution in [1.29, 1.82) is 0 Å². The SMILES string of the molecule is CCc1nc(-c2csc(C(C)N)n2)n[nH]1. The predicted molar refractivity (Wildman–Crippen MR) is 59.5 cm³/mol. The fraction of sp³-hybridized carbons (Fsp3) is 0.444. The molecule has 2 aromatic heterocycles. The average molecular weight is 223 g/mol. The molecule has 0 aliphatic rings. The molecule has 2 rings (SSSR count). The molecule has 0 spiro atoms. The maximum absolute atomic E-state index is 5.74. The van der Waals surface area contributed by atoms with Gasteiger partial charge in [-0.2, -0.15) is 5.10 Å². The Morgan fingerprint density at radius 2 is 2.33 bits per heavy atom. The van der Waals surface area contributed by atoms with Crippen LogP contribution < -0.4 is 5.73 Å². The van der Waals surface area contributed by atoms with Gasteiger partial charge in [-0.25, -0.2) is 9.97 Å². The molecule has 0 aromatic carbocycles. The fourth-order valence-corrected chi connectivity index (χ4v) is 1.92. The van der Waals surface area contributed by atoms with E-state index in [0.717, 1.165) is 22.9 Å². The number of hydrogen-bond donors (Lipinski definition) is 2. The second-order valence-corrected chi connectivity index (χ2v) is 4.21. The van der Waals surface area contributed by atoms with Crippen molar-refractivity contribution in [3.05, 3.63) is 16.2 Å². The number of thiazole rings is 1. The first kappa shape index (κ1) is 10.3. The van der Waals surface area contributed by atoms with E-state index < -0.39 is 0 Å². The van der Waals surface area contributed by atoms with E-state index in [4.69, 9.17) is 5.73 Å². The summed E-state index contributed by atoms with van der Waals surface area (Å²) in [6, 6.07) is -0.0339. The summed E-state index contributed by atoms with van der Waals surface area (Å²) >= 11 is 1.54. The van der Waals surface area contributed by atoms with Crippen LogP contribution in [0.15, 0.2) is 5.38 Å². The number of aromatic amines is 1. The normalized spacial score (nSPS) is 13.0. The minimum absolute atomic E-state index is 0.0339. The number of nitrogens with zero attached hydrogens (tertiary/aromatic N) is 3. The molecule has 0 bridgehead atoms. The molecule has 15 heavy (non-hydrogen) atoms. The van der Waals surface area contributed by atoms with Crippen LogP contribution in [0.2, 0.25) is 0 Å². The molecule has 6 heteroatoms. The predicted octanol–water partition coefficient (Wildman–Crippen LogP) is 1.51. The molecule has 0 radical (unpaired) electrons. The second-order valence-electron chi connectivity index (χ2n) is 3.32. The third kappa shape index (κ3) is 2.05. The molecule has 2 heterocycles. The van der Waals surface area contributed by atoms with E-state index in [1.807, 2.05) is 19.2 Å². The van der Waals surface area contributed by atoms with Crippen LogP contribution in [-0.4, -0.2) is 20.2 Å². The lowest BCUT2D eigenvalue weighted by Crippen LogP contribution is -2.03. The van der Waals surface area contributed by atoms with E-state index in [2.05, 4.69) is 20.2 Å². The summed E-state index contributed by atoms with van der Waals surface area (Å²) in [6.07, 6.45) is 0.845. The van der Waals surface area contributed by atoms with Crippen molar-refractivity contribution in [2.45, 2.75) is 26.3 Å². The lowest BCUT2D eigenvalue weighted by Gasteiger charge is -1.95. The fourth-order valence-electron chi connectivity index (χ4n) is 1.17. The summed E-state index contributed by atoms with van der Waals surface area (Å²) in [7, 11) is 0. The molecule has 80 valence electrons. The summed E-state index contributed by atoms with van der Waals surface area (Å²) in [5.41, 5.74) is 6.53. The van der Waals surface area contributed by atoms with Gasteiger partial charge in [-0.1, -0.05) is 6.92 Å². The van der Waals surface area contributed by atoms with E-state index in [1.165, 1.54) is 11.3 Å². The van der Waals surface area contributed by atoms with E-state index in [9.17, 15) is 0 Å². The van der Waals surface area contributed by atoms with Crippen LogP contribution in [0.3, 0.4) is 0 Å². The number of aryl methyl sites for hydroxylation is 1. The number of nitrogens with one attached hydrogen (secondary N) is 1. The minimum atomic E-state index is -0.0339. The largest absolute Gasteiger partial charge is 0.322 e. The van der Waals surface area contributed by atoms with Crippen molar-refractivity contribution in [3.8, 4) is 11.5 Å². The van der Waals surface area contributed by atoms with Crippen LogP contribution >= 0.6 is 11.3 Å². The lowest BCUT2D eigenvalue weighted by atomic mass is 10.4. The van der Waals surface area contributed by atoms with Gasteiger partial charge in [-0.15, -0.1) is 11.3 Å². The van der Waals surface area contributed by atoms with E-state index in [-0.39, 0.29) is 6.04 Å². The molecule has 1 atom stereocenters. The van der Waals surface area contributed by atoms with Gasteiger partial charge in [-0.3, -0.25) is 5.10 Å². The Hall–Kier alpha value is -1.27. The van der Waals surface area contributed by atoms with Crippen LogP contribution in [0.5, 0.6) is 0 Å². The molecule has 0 saturated heterocycles. The Kier molecular flexibility index (Phi) is 2.79. The van der Waals surface area contributed by atoms with Crippen LogP contribution in [0.1, 0.15) is 30.7 Å². The van der Waals surface area contributed by atoms with Gasteiger partial charge in [-0.05, 0) is 6.92 Å². The molecule has 1 unspecified atom stereocenters. The zero-order valence-electron chi connectivity index (χ0n) is 8.69. The summed E-state index contributed by atoms with van der Waals surface area (Å²) in [5.74, 6) is 1.52. The summed E-state index contributed by atoms with van der Waals surface area (Å²) in [5, 5.41) is 9.80. The first-order valence-electron chi connectivity index (χ1n) is 4.83. The molecule has 2 aromatic rings. The first-order valence-corrected chi connectivity index (χ1v) is 5.71. The average Bonchev–Trinajstić information content (AvgIpc) is 2.86. The number of rotatable bonds is 3. The van der Waals surface area contributed by atoms with Gasteiger partial charge in [0.15, 0.2) is 0 Å². The highest BCUT2D eigenvalue weighted by atomic mass is 32.1. The Morgan fingerprint density at radius 3 is 2.87 bits per heavy atom. The molecular weight excluding hydrogens is 210 g/mol. The lowest BCUT2D eigenvalue weighted by molar-refractivity contribution is 0.807. The minimum Gasteiger partial charge on any atom is -0.322 e. The van der Waals surface area contributed by atoms with Gasteiger partial charge in [0, 0.05) is 11.8 Å². The topological polar surface area (TPSA) is 80.5 Å². The van der Waals surface area contributed by atoms with Crippen molar-refractivity contribution in [2.24, 2.45) is 5.73 Å². The standard InChI is InChI=1S/C9H13N5S/c1-3-7-12-8(14-13-7)6-4-15-9(11-6)5(2)10/h4-5H,3,10H2,1-2H3,(H,12,13,14). The van der Waals surface area contributed by atoms with Crippen LogP contribution in [0, 0.1) is 0 Å². The zero-order chi connectivity index (χ0) is 10.8. The maximum atomic E-state index is 5.74. The molecule has 0 aliphatic heterocycles. The van der Waals surface area contributed by atoms with E-state index in [0.29, 0.717) is 5.82 Å². The van der Waals surface area contributed by atoms with Gasteiger partial charge in [0.1, 0.15) is 16.5 Å². The van der Waals surface area contributed by atoms with Crippen LogP contribution in [0.25, 0.3) is 11.5 Å². The number of nitrogens with two attached hydrogens (primary N) is 1. The van der Waals surface area contributed by atoms with Crippen molar-refractivity contribution < 1.29 is 0 Å². The van der Waals surface area contributed by atoms with Gasteiger partial charge in [0.05, 0.1) is 6.04 Å². The molecule has 0 aliphatic carbocycles. The second kappa shape index (κ2) is 4.08. The number of H-pyrrole nitrogens is 1. The maximum Gasteiger partial charge on any atom is 0.200 e. The van der Waals surface area contributed by atoms with Crippen molar-refractivity contribution in [3.63, 3.8) is 0 Å². The summed E-state index contributed by atoms with van der Waals surface area (Å²) in [4.78, 5) is 8.68. The Morgan fingerprint density at radius 1 is 1.53 bits per heavy atom. The smallest absolute Gasteiger partial charge is 0.200 e. The van der Waals surface area contributed by atoms with E-state index >= 15 is 0 Å². The third-order valence-corrected chi connectivity index (χ3v) is 3.05. The quantitative estimate of drug-likeness (QED) is 0.826. The highest BCUT2D eigenvalue weighted by Crippen LogP contribution is 2.21. The molecule has 5 nitrogen and oxygen atoms in total. The summed E-state index contributed by atoms with van der Waals surface area (Å²) < 4.78 is 0. The Labute approximate surface area is 91.8 Å². The van der Waals surface area contributed by atoms with Gasteiger partial charge >= 0.3 is 0 Å². The molecule has 0 saturated carbocycles. The van der Waals surface area contributed by atoms with Crippen molar-refractivity contribution in [1.82, 2.24) is 20.2 Å². The molecule has 3 N–H and O–H groups in total. The molecule has 0 amide bonds. The monoisotopic (exact) mass is 223 g/mol. The van der Waals surface area contributed by atoms with Crippen molar-refractivity contribution >= 4 is 11.3 Å². The molecule has 0 fully saturated rings. The van der Waals surface area contributed by atoms with Gasteiger partial charge < -0.3 is 5.73 Å². The van der Waals surface area contributed by atoms with Gasteiger partial charge in [0.25, 0.3) is 0 Å².